The Morgan fingerprint density at radius 2 is 2.06 bits per heavy atom. The molecule has 0 aromatic carbocycles. The summed E-state index contributed by atoms with van der Waals surface area (Å²) in [6.45, 7) is 8.96. The van der Waals surface area contributed by atoms with Gasteiger partial charge in [-0.15, -0.1) is 0 Å². The Bertz CT molecular complexity index is 199. The molecule has 2 rings (SSSR count). The largest absolute Gasteiger partial charge is 0.373 e. The Morgan fingerprint density at radius 3 is 2.69 bits per heavy atom. The molecule has 4 heteroatoms. The highest BCUT2D eigenvalue weighted by Crippen LogP contribution is 2.14. The maximum Gasteiger partial charge on any atom is 0.0678 e. The molecule has 0 radical (unpaired) electrons. The molecule has 2 aliphatic rings. The summed E-state index contributed by atoms with van der Waals surface area (Å²) in [7, 11) is 0. The summed E-state index contributed by atoms with van der Waals surface area (Å²) in [4.78, 5) is 2.56. The lowest BCUT2D eigenvalue weighted by atomic mass is 10.2. The standard InChI is InChI=1S/C12H24N2OS/c1-10-7-14(8-11(2)15-10)5-3-12-9-16-6-4-13-12/h10-13H,3-9H2,1-2H3/t10-,11+,12?. The normalized spacial score (nSPS) is 37.5. The van der Waals surface area contributed by atoms with E-state index in [0.29, 0.717) is 12.2 Å². The molecule has 0 aromatic heterocycles. The van der Waals surface area contributed by atoms with Crippen molar-refractivity contribution in [3.8, 4) is 0 Å². The van der Waals surface area contributed by atoms with Crippen molar-refractivity contribution >= 4 is 11.8 Å². The smallest absolute Gasteiger partial charge is 0.0678 e. The zero-order valence-corrected chi connectivity index (χ0v) is 11.3. The van der Waals surface area contributed by atoms with Gasteiger partial charge in [-0.1, -0.05) is 0 Å². The van der Waals surface area contributed by atoms with Gasteiger partial charge in [0, 0.05) is 37.2 Å². The molecule has 16 heavy (non-hydrogen) atoms. The van der Waals surface area contributed by atoms with Gasteiger partial charge in [0.2, 0.25) is 0 Å². The van der Waals surface area contributed by atoms with Gasteiger partial charge in [-0.2, -0.15) is 11.8 Å². The van der Waals surface area contributed by atoms with E-state index in [1.807, 2.05) is 0 Å². The second-order valence-electron chi connectivity index (χ2n) is 5.03. The number of nitrogens with one attached hydrogen (secondary N) is 1. The molecular weight excluding hydrogens is 220 g/mol. The van der Waals surface area contributed by atoms with Crippen LogP contribution in [0.1, 0.15) is 20.3 Å². The third-order valence-corrected chi connectivity index (χ3v) is 4.42. The van der Waals surface area contributed by atoms with Crippen LogP contribution in [-0.4, -0.2) is 60.8 Å². The van der Waals surface area contributed by atoms with Crippen LogP contribution in [0.3, 0.4) is 0 Å². The second-order valence-corrected chi connectivity index (χ2v) is 6.18. The minimum Gasteiger partial charge on any atom is -0.373 e. The lowest BCUT2D eigenvalue weighted by molar-refractivity contribution is -0.0684. The van der Waals surface area contributed by atoms with Crippen molar-refractivity contribution in [3.05, 3.63) is 0 Å². The third kappa shape index (κ3) is 3.91. The van der Waals surface area contributed by atoms with Crippen LogP contribution in [0.15, 0.2) is 0 Å². The van der Waals surface area contributed by atoms with Crippen LogP contribution in [0.5, 0.6) is 0 Å². The molecule has 0 spiro atoms. The zero-order chi connectivity index (χ0) is 11.4. The van der Waals surface area contributed by atoms with Crippen LogP contribution in [0.25, 0.3) is 0 Å². The van der Waals surface area contributed by atoms with Gasteiger partial charge in [-0.05, 0) is 26.8 Å². The van der Waals surface area contributed by atoms with Crippen molar-refractivity contribution in [1.82, 2.24) is 10.2 Å². The summed E-state index contributed by atoms with van der Waals surface area (Å²) >= 11 is 2.09. The molecule has 0 bridgehead atoms. The van der Waals surface area contributed by atoms with Gasteiger partial charge in [0.15, 0.2) is 0 Å². The molecule has 3 nitrogen and oxygen atoms in total. The van der Waals surface area contributed by atoms with Gasteiger partial charge in [0.25, 0.3) is 0 Å². The Kier molecular flexibility index (Phi) is 4.95. The van der Waals surface area contributed by atoms with Crippen molar-refractivity contribution in [2.75, 3.05) is 37.7 Å². The molecule has 1 N–H and O–H groups in total. The highest BCUT2D eigenvalue weighted by molar-refractivity contribution is 7.99. The maximum absolute atomic E-state index is 5.75. The van der Waals surface area contributed by atoms with Gasteiger partial charge < -0.3 is 10.1 Å². The summed E-state index contributed by atoms with van der Waals surface area (Å²) in [6, 6.07) is 0.729. The summed E-state index contributed by atoms with van der Waals surface area (Å²) in [5.41, 5.74) is 0. The Hall–Kier alpha value is 0.230. The summed E-state index contributed by atoms with van der Waals surface area (Å²) in [5.74, 6) is 2.57. The van der Waals surface area contributed by atoms with Gasteiger partial charge in [0.1, 0.15) is 0 Å². The SMILES string of the molecule is C[C@@H]1CN(CCC2CSCCN2)C[C@H](C)O1. The van der Waals surface area contributed by atoms with E-state index in [9.17, 15) is 0 Å². The molecule has 2 aliphatic heterocycles. The van der Waals surface area contributed by atoms with Crippen LogP contribution in [0.4, 0.5) is 0 Å². The predicted molar refractivity (Wildman–Crippen MR) is 70.2 cm³/mol. The molecule has 0 amide bonds. The van der Waals surface area contributed by atoms with Crippen LogP contribution >= 0.6 is 11.8 Å². The number of hydrogen-bond acceptors (Lipinski definition) is 4. The molecule has 0 aromatic rings. The first kappa shape index (κ1) is 12.7. The van der Waals surface area contributed by atoms with E-state index in [0.717, 1.165) is 19.1 Å². The number of ether oxygens (including phenoxy) is 1. The highest BCUT2D eigenvalue weighted by Gasteiger charge is 2.23. The monoisotopic (exact) mass is 244 g/mol. The fourth-order valence-corrected chi connectivity index (χ4v) is 3.61. The number of nitrogens with zero attached hydrogens (tertiary/aromatic N) is 1. The molecule has 0 aliphatic carbocycles. The number of morpholine rings is 1. The zero-order valence-electron chi connectivity index (χ0n) is 10.4. The Morgan fingerprint density at radius 1 is 1.31 bits per heavy atom. The topological polar surface area (TPSA) is 24.5 Å². The third-order valence-electron chi connectivity index (χ3n) is 3.29. The van der Waals surface area contributed by atoms with Crippen LogP contribution in [0, 0.1) is 0 Å². The van der Waals surface area contributed by atoms with Crippen molar-refractivity contribution in [2.45, 2.75) is 38.5 Å². The molecule has 2 saturated heterocycles. The van der Waals surface area contributed by atoms with E-state index in [-0.39, 0.29) is 0 Å². The summed E-state index contributed by atoms with van der Waals surface area (Å²) < 4.78 is 5.75. The maximum atomic E-state index is 5.75. The van der Waals surface area contributed by atoms with E-state index >= 15 is 0 Å². The second kappa shape index (κ2) is 6.24. The molecular formula is C12H24N2OS. The summed E-state index contributed by atoms with van der Waals surface area (Å²) in [6.07, 6.45) is 2.08. The molecule has 2 fully saturated rings. The lowest BCUT2D eigenvalue weighted by Crippen LogP contribution is -2.47. The molecule has 3 atom stereocenters. The van der Waals surface area contributed by atoms with Gasteiger partial charge in [0.05, 0.1) is 12.2 Å². The van der Waals surface area contributed by atoms with Crippen LogP contribution in [-0.2, 0) is 4.74 Å². The van der Waals surface area contributed by atoms with Crippen molar-refractivity contribution in [1.29, 1.82) is 0 Å². The van der Waals surface area contributed by atoms with Gasteiger partial charge >= 0.3 is 0 Å². The van der Waals surface area contributed by atoms with E-state index in [2.05, 4.69) is 35.8 Å². The van der Waals surface area contributed by atoms with Gasteiger partial charge in [-0.25, -0.2) is 0 Å². The number of rotatable bonds is 3. The molecule has 0 saturated carbocycles. The Balaban J connectivity index is 1.68. The fraction of sp³-hybridized carbons (Fsp3) is 1.00. The minimum atomic E-state index is 0.400. The Labute approximate surface area is 103 Å². The van der Waals surface area contributed by atoms with Crippen molar-refractivity contribution < 1.29 is 4.74 Å². The highest BCUT2D eigenvalue weighted by atomic mass is 32.2. The molecule has 1 unspecified atom stereocenters. The quantitative estimate of drug-likeness (QED) is 0.806. The van der Waals surface area contributed by atoms with E-state index in [4.69, 9.17) is 4.74 Å². The van der Waals surface area contributed by atoms with E-state index in [1.54, 1.807) is 0 Å². The average molecular weight is 244 g/mol. The molecule has 2 heterocycles. The first-order valence-electron chi connectivity index (χ1n) is 6.43. The number of thioether (sulfide) groups is 1. The number of hydrogen-bond donors (Lipinski definition) is 1. The van der Waals surface area contributed by atoms with E-state index in [1.165, 1.54) is 31.0 Å². The summed E-state index contributed by atoms with van der Waals surface area (Å²) in [5, 5.41) is 3.60. The predicted octanol–water partition coefficient (Wildman–Crippen LogP) is 1.19. The minimum absolute atomic E-state index is 0.400. The van der Waals surface area contributed by atoms with Crippen molar-refractivity contribution in [3.63, 3.8) is 0 Å². The first-order valence-corrected chi connectivity index (χ1v) is 7.58. The van der Waals surface area contributed by atoms with Crippen molar-refractivity contribution in [2.24, 2.45) is 0 Å². The fourth-order valence-electron chi connectivity index (χ4n) is 2.61. The molecule has 94 valence electrons. The first-order chi connectivity index (χ1) is 7.74. The van der Waals surface area contributed by atoms with Gasteiger partial charge in [-0.3, -0.25) is 4.90 Å². The van der Waals surface area contributed by atoms with Crippen LogP contribution < -0.4 is 5.32 Å². The van der Waals surface area contributed by atoms with E-state index < -0.39 is 0 Å². The average Bonchev–Trinajstić information content (AvgIpc) is 2.27. The van der Waals surface area contributed by atoms with Crippen LogP contribution in [0.2, 0.25) is 0 Å². The lowest BCUT2D eigenvalue weighted by Gasteiger charge is -2.36.